The molecule has 0 aromatic carbocycles. The number of hydrogen-bond acceptors (Lipinski definition) is 5. The molecule has 0 aliphatic heterocycles. The van der Waals surface area contributed by atoms with E-state index in [1.54, 1.807) is 21.3 Å². The van der Waals surface area contributed by atoms with E-state index in [9.17, 15) is 0 Å². The zero-order valence-electron chi connectivity index (χ0n) is 9.29. The maximum absolute atomic E-state index is 5.63. The molecule has 0 amide bonds. The normalized spacial score (nSPS) is 14.4. The highest BCUT2D eigenvalue weighted by Gasteiger charge is 2.39. The molecule has 5 nitrogen and oxygen atoms in total. The van der Waals surface area contributed by atoms with Crippen molar-refractivity contribution in [1.82, 2.24) is 0 Å². The first-order valence-corrected chi connectivity index (χ1v) is 6.66. The average molecular weight is 222 g/mol. The van der Waals surface area contributed by atoms with E-state index in [0.717, 1.165) is 12.5 Å². The van der Waals surface area contributed by atoms with Gasteiger partial charge < -0.3 is 24.7 Å². The second-order valence-corrected chi connectivity index (χ2v) is 6.18. The van der Waals surface area contributed by atoms with Crippen LogP contribution < -0.4 is 11.5 Å². The largest absolute Gasteiger partial charge is 0.500 e. The highest BCUT2D eigenvalue weighted by atomic mass is 28.4. The fourth-order valence-electron chi connectivity index (χ4n) is 1.39. The third-order valence-electron chi connectivity index (χ3n) is 2.38. The molecule has 0 unspecified atom stereocenters. The fraction of sp³-hybridized carbons (Fsp3) is 1.00. The van der Waals surface area contributed by atoms with Crippen molar-refractivity contribution in [2.45, 2.75) is 12.5 Å². The Kier molecular flexibility index (Phi) is 7.34. The smallest absolute Gasteiger partial charge is 0.377 e. The summed E-state index contributed by atoms with van der Waals surface area (Å²) in [5.74, 6) is 0.312. The van der Waals surface area contributed by atoms with Gasteiger partial charge in [0.1, 0.15) is 0 Å². The molecule has 0 bridgehead atoms. The van der Waals surface area contributed by atoms with E-state index in [1.807, 2.05) is 0 Å². The van der Waals surface area contributed by atoms with Crippen LogP contribution in [0.25, 0.3) is 0 Å². The predicted octanol–water partition coefficient (Wildman–Crippen LogP) is -0.212. The summed E-state index contributed by atoms with van der Waals surface area (Å²) in [6.45, 7) is 1.21. The van der Waals surface area contributed by atoms with Gasteiger partial charge in [0.05, 0.1) is 0 Å². The Morgan fingerprint density at radius 1 is 1.07 bits per heavy atom. The summed E-state index contributed by atoms with van der Waals surface area (Å²) in [5, 5.41) is 0. The molecule has 14 heavy (non-hydrogen) atoms. The Bertz CT molecular complexity index is 136. The van der Waals surface area contributed by atoms with Crippen molar-refractivity contribution in [1.29, 1.82) is 0 Å². The van der Waals surface area contributed by atoms with Gasteiger partial charge in [-0.15, -0.1) is 0 Å². The number of nitrogens with two attached hydrogens (primary N) is 2. The first-order chi connectivity index (χ1) is 6.67. The van der Waals surface area contributed by atoms with Crippen LogP contribution in [0.4, 0.5) is 0 Å². The molecular weight excluding hydrogens is 200 g/mol. The van der Waals surface area contributed by atoms with Crippen LogP contribution in [0.15, 0.2) is 0 Å². The van der Waals surface area contributed by atoms with Crippen LogP contribution in [-0.4, -0.2) is 43.2 Å². The van der Waals surface area contributed by atoms with Gasteiger partial charge in [0.2, 0.25) is 0 Å². The van der Waals surface area contributed by atoms with E-state index in [-0.39, 0.29) is 0 Å². The van der Waals surface area contributed by atoms with Gasteiger partial charge in [-0.3, -0.25) is 0 Å². The minimum absolute atomic E-state index is 0.312. The van der Waals surface area contributed by atoms with Crippen molar-refractivity contribution in [3.05, 3.63) is 0 Å². The van der Waals surface area contributed by atoms with Crippen LogP contribution in [0.2, 0.25) is 6.04 Å². The summed E-state index contributed by atoms with van der Waals surface area (Å²) in [5.41, 5.74) is 11.1. The standard InChI is InChI=1S/C8H22N2O3Si/c1-11-14(12-2,13-3)7-8(6-10)4-5-9/h8H,4-7,9-10H2,1-3H3/t8-/m0/s1. The molecule has 0 rings (SSSR count). The van der Waals surface area contributed by atoms with Crippen LogP contribution in [0.3, 0.4) is 0 Å². The Labute approximate surface area is 87.1 Å². The molecule has 0 aliphatic carbocycles. The van der Waals surface area contributed by atoms with Crippen molar-refractivity contribution in [2.75, 3.05) is 34.4 Å². The second kappa shape index (κ2) is 7.33. The molecule has 0 spiro atoms. The summed E-state index contributed by atoms with van der Waals surface area (Å²) in [7, 11) is 2.34. The Morgan fingerprint density at radius 2 is 1.57 bits per heavy atom. The fourth-order valence-corrected chi connectivity index (χ4v) is 3.47. The molecule has 0 aromatic heterocycles. The zero-order chi connectivity index (χ0) is 11.0. The molecule has 0 aliphatic rings. The van der Waals surface area contributed by atoms with Gasteiger partial charge in [-0.05, 0) is 25.4 Å². The number of hydrogen-bond donors (Lipinski definition) is 2. The molecular formula is C8H22N2O3Si. The Morgan fingerprint density at radius 3 is 1.86 bits per heavy atom. The minimum Gasteiger partial charge on any atom is -0.377 e. The van der Waals surface area contributed by atoms with Gasteiger partial charge in [0, 0.05) is 27.4 Å². The molecule has 86 valence electrons. The lowest BCUT2D eigenvalue weighted by molar-refractivity contribution is 0.118. The van der Waals surface area contributed by atoms with Crippen LogP contribution >= 0.6 is 0 Å². The SMILES string of the molecule is CO[Si](C[C@H](CN)CCN)(OC)OC. The molecule has 1 atom stereocenters. The van der Waals surface area contributed by atoms with Crippen molar-refractivity contribution >= 4 is 8.80 Å². The maximum Gasteiger partial charge on any atom is 0.500 e. The van der Waals surface area contributed by atoms with Gasteiger partial charge >= 0.3 is 8.80 Å². The quantitative estimate of drug-likeness (QED) is 0.555. The van der Waals surface area contributed by atoms with Gasteiger partial charge in [-0.1, -0.05) is 0 Å². The van der Waals surface area contributed by atoms with Gasteiger partial charge in [0.25, 0.3) is 0 Å². The molecule has 6 heteroatoms. The predicted molar refractivity (Wildman–Crippen MR) is 57.8 cm³/mol. The highest BCUT2D eigenvalue weighted by Crippen LogP contribution is 2.20. The van der Waals surface area contributed by atoms with E-state index in [1.165, 1.54) is 0 Å². The van der Waals surface area contributed by atoms with E-state index in [0.29, 0.717) is 19.0 Å². The van der Waals surface area contributed by atoms with E-state index in [2.05, 4.69) is 0 Å². The summed E-state index contributed by atoms with van der Waals surface area (Å²) in [6, 6.07) is 0.726. The van der Waals surface area contributed by atoms with E-state index >= 15 is 0 Å². The molecule has 0 fully saturated rings. The molecule has 0 heterocycles. The third-order valence-corrected chi connectivity index (χ3v) is 5.32. The Balaban J connectivity index is 4.24. The van der Waals surface area contributed by atoms with Gasteiger partial charge in [-0.25, -0.2) is 0 Å². The maximum atomic E-state index is 5.63. The first kappa shape index (κ1) is 14.0. The summed E-state index contributed by atoms with van der Waals surface area (Å²) in [6.07, 6.45) is 0.876. The van der Waals surface area contributed by atoms with Crippen LogP contribution in [0.1, 0.15) is 6.42 Å². The third kappa shape index (κ3) is 4.03. The lowest BCUT2D eigenvalue weighted by Crippen LogP contribution is -2.45. The molecule has 0 radical (unpaired) electrons. The molecule has 0 saturated carbocycles. The van der Waals surface area contributed by atoms with Crippen molar-refractivity contribution in [3.8, 4) is 0 Å². The lowest BCUT2D eigenvalue weighted by atomic mass is 10.1. The van der Waals surface area contributed by atoms with Crippen molar-refractivity contribution < 1.29 is 13.3 Å². The van der Waals surface area contributed by atoms with Crippen molar-refractivity contribution in [3.63, 3.8) is 0 Å². The van der Waals surface area contributed by atoms with Crippen LogP contribution in [0, 0.1) is 5.92 Å². The average Bonchev–Trinajstić information content (AvgIpc) is 2.25. The summed E-state index contributed by atoms with van der Waals surface area (Å²) < 4.78 is 15.9. The van der Waals surface area contributed by atoms with E-state index < -0.39 is 8.80 Å². The number of rotatable bonds is 8. The summed E-state index contributed by atoms with van der Waals surface area (Å²) in [4.78, 5) is 0. The van der Waals surface area contributed by atoms with Crippen molar-refractivity contribution in [2.24, 2.45) is 17.4 Å². The first-order valence-electron chi connectivity index (χ1n) is 4.73. The van der Waals surface area contributed by atoms with Crippen LogP contribution in [-0.2, 0) is 13.3 Å². The lowest BCUT2D eigenvalue weighted by Gasteiger charge is -2.27. The molecule has 0 aromatic rings. The Hall–Kier alpha value is 0.0169. The zero-order valence-corrected chi connectivity index (χ0v) is 10.3. The monoisotopic (exact) mass is 222 g/mol. The van der Waals surface area contributed by atoms with E-state index in [4.69, 9.17) is 24.7 Å². The minimum atomic E-state index is -2.47. The highest BCUT2D eigenvalue weighted by molar-refractivity contribution is 6.60. The molecule has 0 saturated heterocycles. The van der Waals surface area contributed by atoms with Crippen LogP contribution in [0.5, 0.6) is 0 Å². The van der Waals surface area contributed by atoms with Gasteiger partial charge in [-0.2, -0.15) is 0 Å². The summed E-state index contributed by atoms with van der Waals surface area (Å²) >= 11 is 0. The second-order valence-electron chi connectivity index (χ2n) is 3.18. The topological polar surface area (TPSA) is 79.7 Å². The molecule has 4 N–H and O–H groups in total. The van der Waals surface area contributed by atoms with Gasteiger partial charge in [0.15, 0.2) is 0 Å².